The Balaban J connectivity index is 2.09. The van der Waals surface area contributed by atoms with E-state index in [1.54, 1.807) is 30.5 Å². The molecule has 1 aromatic heterocycles. The molecule has 0 spiro atoms. The molecule has 0 amide bonds. The zero-order valence-electron chi connectivity index (χ0n) is 11.1. The first-order valence-corrected chi connectivity index (χ1v) is 6.46. The molecule has 1 heterocycles. The highest BCUT2D eigenvalue weighted by atomic mass is 16.4. The molecular weight excluding hydrogens is 264 g/mol. The van der Waals surface area contributed by atoms with Crippen LogP contribution in [0.1, 0.15) is 11.3 Å². The number of hydrogen-bond donors (Lipinski definition) is 1. The zero-order valence-corrected chi connectivity index (χ0v) is 11.1. The number of benzene rings is 2. The number of aromatic nitrogens is 2. The molecule has 0 atom stereocenters. The average molecular weight is 276 g/mol. The van der Waals surface area contributed by atoms with Crippen LogP contribution in [0.3, 0.4) is 0 Å². The molecule has 0 unspecified atom stereocenters. The first-order chi connectivity index (χ1) is 10.2. The van der Waals surface area contributed by atoms with Crippen LogP contribution in [0.15, 0.2) is 60.8 Å². The molecule has 4 nitrogen and oxygen atoms in total. The lowest BCUT2D eigenvalue weighted by Crippen LogP contribution is -2.00. The summed E-state index contributed by atoms with van der Waals surface area (Å²) in [6, 6.07) is 16.4. The molecule has 4 heteroatoms. The maximum Gasteiger partial charge on any atom is 0.336 e. The predicted molar refractivity (Wildman–Crippen MR) is 81.5 cm³/mol. The summed E-state index contributed by atoms with van der Waals surface area (Å²) >= 11 is 0. The van der Waals surface area contributed by atoms with Crippen LogP contribution in [0.4, 0.5) is 0 Å². The summed E-state index contributed by atoms with van der Waals surface area (Å²) in [5.74, 6) is -0.990. The number of carboxylic acids is 1. The van der Waals surface area contributed by atoms with Crippen molar-refractivity contribution < 1.29 is 9.90 Å². The number of para-hydroxylation sites is 2. The minimum absolute atomic E-state index is 0.195. The quantitative estimate of drug-likeness (QED) is 0.746. The van der Waals surface area contributed by atoms with Crippen LogP contribution in [0, 0.1) is 0 Å². The second-order valence-electron chi connectivity index (χ2n) is 4.51. The first-order valence-electron chi connectivity index (χ1n) is 6.46. The highest BCUT2D eigenvalue weighted by molar-refractivity contribution is 6.20. The fourth-order valence-corrected chi connectivity index (χ4v) is 2.08. The van der Waals surface area contributed by atoms with Crippen molar-refractivity contribution in [1.29, 1.82) is 0 Å². The molecule has 0 aliphatic rings. The molecular formula is C17H12N2O2. The summed E-state index contributed by atoms with van der Waals surface area (Å²) in [5, 5.41) is 9.38. The van der Waals surface area contributed by atoms with Gasteiger partial charge in [0, 0.05) is 0 Å². The van der Waals surface area contributed by atoms with Gasteiger partial charge in [0.15, 0.2) is 0 Å². The van der Waals surface area contributed by atoms with Crippen LogP contribution in [0.5, 0.6) is 0 Å². The molecule has 3 rings (SSSR count). The Bertz CT molecular complexity index is 826. The molecule has 0 bridgehead atoms. The van der Waals surface area contributed by atoms with Gasteiger partial charge in [0.2, 0.25) is 0 Å². The van der Waals surface area contributed by atoms with E-state index in [0.717, 1.165) is 11.0 Å². The van der Waals surface area contributed by atoms with Crippen molar-refractivity contribution in [3.8, 4) is 0 Å². The Morgan fingerprint density at radius 3 is 2.33 bits per heavy atom. The monoisotopic (exact) mass is 276 g/mol. The third-order valence-electron chi connectivity index (χ3n) is 3.07. The average Bonchev–Trinajstić information content (AvgIpc) is 2.53. The van der Waals surface area contributed by atoms with Gasteiger partial charge in [-0.1, -0.05) is 42.5 Å². The van der Waals surface area contributed by atoms with Gasteiger partial charge in [0.1, 0.15) is 0 Å². The van der Waals surface area contributed by atoms with Crippen molar-refractivity contribution in [2.24, 2.45) is 0 Å². The largest absolute Gasteiger partial charge is 0.478 e. The van der Waals surface area contributed by atoms with E-state index in [9.17, 15) is 9.90 Å². The van der Waals surface area contributed by atoms with Gasteiger partial charge in [-0.05, 0) is 23.8 Å². The summed E-state index contributed by atoms with van der Waals surface area (Å²) in [7, 11) is 0. The highest BCUT2D eigenvalue weighted by Gasteiger charge is 2.10. The van der Waals surface area contributed by atoms with E-state index in [1.807, 2.05) is 30.3 Å². The molecule has 21 heavy (non-hydrogen) atoms. The van der Waals surface area contributed by atoms with Crippen molar-refractivity contribution in [1.82, 2.24) is 9.97 Å². The summed E-state index contributed by atoms with van der Waals surface area (Å²) in [4.78, 5) is 20.2. The topological polar surface area (TPSA) is 63.1 Å². The van der Waals surface area contributed by atoms with Crippen LogP contribution in [0.25, 0.3) is 22.7 Å². The maximum atomic E-state index is 11.5. The van der Waals surface area contributed by atoms with Crippen LogP contribution < -0.4 is 0 Å². The maximum absolute atomic E-state index is 11.5. The van der Waals surface area contributed by atoms with Gasteiger partial charge >= 0.3 is 5.97 Å². The lowest BCUT2D eigenvalue weighted by Gasteiger charge is -2.03. The fraction of sp³-hybridized carbons (Fsp3) is 0. The molecule has 0 saturated carbocycles. The third kappa shape index (κ3) is 2.79. The number of carboxylic acid groups (broad SMARTS) is 1. The van der Waals surface area contributed by atoms with Gasteiger partial charge < -0.3 is 5.11 Å². The zero-order chi connectivity index (χ0) is 14.7. The van der Waals surface area contributed by atoms with Crippen LogP contribution in [-0.2, 0) is 4.79 Å². The van der Waals surface area contributed by atoms with Crippen molar-refractivity contribution in [2.75, 3.05) is 0 Å². The molecule has 0 aliphatic carbocycles. The van der Waals surface area contributed by atoms with Crippen molar-refractivity contribution >= 4 is 28.7 Å². The Morgan fingerprint density at radius 2 is 1.62 bits per heavy atom. The summed E-state index contributed by atoms with van der Waals surface area (Å²) in [6.07, 6.45) is 3.12. The number of rotatable bonds is 3. The van der Waals surface area contributed by atoms with E-state index >= 15 is 0 Å². The molecule has 102 valence electrons. The molecule has 0 saturated heterocycles. The van der Waals surface area contributed by atoms with Gasteiger partial charge in [0.05, 0.1) is 28.5 Å². The van der Waals surface area contributed by atoms with Gasteiger partial charge in [-0.25, -0.2) is 9.78 Å². The number of nitrogens with zero attached hydrogens (tertiary/aromatic N) is 2. The normalized spacial score (nSPS) is 11.5. The van der Waals surface area contributed by atoms with Gasteiger partial charge in [-0.3, -0.25) is 4.98 Å². The summed E-state index contributed by atoms with van der Waals surface area (Å²) < 4.78 is 0. The minimum Gasteiger partial charge on any atom is -0.478 e. The Labute approximate surface area is 121 Å². The Hall–Kier alpha value is -3.01. The third-order valence-corrected chi connectivity index (χ3v) is 3.07. The van der Waals surface area contributed by atoms with Crippen LogP contribution >= 0.6 is 0 Å². The summed E-state index contributed by atoms with van der Waals surface area (Å²) in [5.41, 5.74) is 2.88. The van der Waals surface area contributed by atoms with Crippen LogP contribution in [0.2, 0.25) is 0 Å². The second kappa shape index (κ2) is 5.54. The summed E-state index contributed by atoms with van der Waals surface area (Å²) in [6.45, 7) is 0. The number of fused-ring (bicyclic) bond motifs is 1. The molecule has 0 fully saturated rings. The first kappa shape index (κ1) is 13.0. The van der Waals surface area contributed by atoms with E-state index in [4.69, 9.17) is 0 Å². The predicted octanol–water partition coefficient (Wildman–Crippen LogP) is 3.26. The molecule has 0 radical (unpaired) electrons. The Kier molecular flexibility index (Phi) is 3.43. The SMILES string of the molecule is O=C(O)/C(=C\c1cnc2ccccc2n1)c1ccccc1. The smallest absolute Gasteiger partial charge is 0.336 e. The van der Waals surface area contributed by atoms with E-state index in [0.29, 0.717) is 11.3 Å². The molecule has 3 aromatic rings. The second-order valence-corrected chi connectivity index (χ2v) is 4.51. The standard InChI is InChI=1S/C17H12N2O2/c20-17(21)14(12-6-2-1-3-7-12)10-13-11-18-15-8-4-5-9-16(15)19-13/h1-11H,(H,20,21)/b14-10-. The lowest BCUT2D eigenvalue weighted by atomic mass is 10.1. The lowest BCUT2D eigenvalue weighted by molar-refractivity contribution is -0.130. The van der Waals surface area contributed by atoms with Crippen molar-refractivity contribution in [3.05, 3.63) is 72.1 Å². The molecule has 2 aromatic carbocycles. The highest BCUT2D eigenvalue weighted by Crippen LogP contribution is 2.18. The van der Waals surface area contributed by atoms with Crippen molar-refractivity contribution in [2.45, 2.75) is 0 Å². The number of aliphatic carboxylic acids is 1. The van der Waals surface area contributed by atoms with E-state index in [1.165, 1.54) is 6.08 Å². The Morgan fingerprint density at radius 1 is 0.952 bits per heavy atom. The van der Waals surface area contributed by atoms with Crippen LogP contribution in [-0.4, -0.2) is 21.0 Å². The van der Waals surface area contributed by atoms with Crippen molar-refractivity contribution in [3.63, 3.8) is 0 Å². The van der Waals surface area contributed by atoms with Gasteiger partial charge in [-0.15, -0.1) is 0 Å². The minimum atomic E-state index is -0.990. The van der Waals surface area contributed by atoms with E-state index < -0.39 is 5.97 Å². The van der Waals surface area contributed by atoms with E-state index in [2.05, 4.69) is 9.97 Å². The van der Waals surface area contributed by atoms with E-state index in [-0.39, 0.29) is 5.57 Å². The number of hydrogen-bond acceptors (Lipinski definition) is 3. The molecule has 1 N–H and O–H groups in total. The number of carbonyl (C=O) groups is 1. The van der Waals surface area contributed by atoms with Gasteiger partial charge in [0.25, 0.3) is 0 Å². The van der Waals surface area contributed by atoms with Gasteiger partial charge in [-0.2, -0.15) is 0 Å². The fourth-order valence-electron chi connectivity index (χ4n) is 2.08. The molecule has 0 aliphatic heterocycles.